The summed E-state index contributed by atoms with van der Waals surface area (Å²) in [7, 11) is 0. The summed E-state index contributed by atoms with van der Waals surface area (Å²) in [4.78, 5) is 19.0. The molecule has 0 saturated carbocycles. The van der Waals surface area contributed by atoms with Gasteiger partial charge in [0.25, 0.3) is 0 Å². The van der Waals surface area contributed by atoms with E-state index in [9.17, 15) is 4.79 Å². The Morgan fingerprint density at radius 3 is 2.68 bits per heavy atom. The molecule has 6 heteroatoms. The number of fused-ring (bicyclic) bond motifs is 1. The number of H-pyrrole nitrogens is 1. The molecule has 0 spiro atoms. The van der Waals surface area contributed by atoms with E-state index >= 15 is 0 Å². The Kier molecular flexibility index (Phi) is 3.91. The van der Waals surface area contributed by atoms with Crippen molar-refractivity contribution in [2.75, 3.05) is 11.9 Å². The number of nitrogens with zero attached hydrogens (tertiary/aromatic N) is 2. The van der Waals surface area contributed by atoms with Gasteiger partial charge in [-0.3, -0.25) is 9.56 Å². The average molecular weight is 295 g/mol. The second-order valence-corrected chi connectivity index (χ2v) is 4.86. The smallest absolute Gasteiger partial charge is 0.326 e. The molecule has 4 N–H and O–H groups in total. The summed E-state index contributed by atoms with van der Waals surface area (Å²) in [6.07, 6.45) is 0. The number of aliphatic imine (C=N–C) groups is 1. The van der Waals surface area contributed by atoms with E-state index in [0.717, 1.165) is 16.7 Å². The van der Waals surface area contributed by atoms with Gasteiger partial charge in [0, 0.05) is 12.2 Å². The highest BCUT2D eigenvalue weighted by Gasteiger charge is 2.04. The van der Waals surface area contributed by atoms with Crippen molar-refractivity contribution in [1.82, 2.24) is 9.55 Å². The minimum Gasteiger partial charge on any atom is -0.370 e. The number of nitrogens with two attached hydrogens (primary N) is 1. The summed E-state index contributed by atoms with van der Waals surface area (Å²) in [6, 6.07) is 17.2. The molecule has 1 heterocycles. The second kappa shape index (κ2) is 6.17. The first-order chi connectivity index (χ1) is 10.7. The number of guanidine groups is 1. The Morgan fingerprint density at radius 2 is 1.86 bits per heavy atom. The lowest BCUT2D eigenvalue weighted by molar-refractivity contribution is 0.703. The van der Waals surface area contributed by atoms with E-state index < -0.39 is 0 Å². The Bertz CT molecular complexity index is 848. The van der Waals surface area contributed by atoms with Gasteiger partial charge >= 0.3 is 5.69 Å². The Labute approximate surface area is 127 Å². The lowest BCUT2D eigenvalue weighted by Gasteiger charge is -2.05. The van der Waals surface area contributed by atoms with E-state index in [4.69, 9.17) is 5.73 Å². The van der Waals surface area contributed by atoms with Crippen molar-refractivity contribution in [2.45, 2.75) is 6.54 Å². The standard InChI is InChI=1S/C16H17N5O/c17-15(19-12-6-2-1-3-7-12)18-10-11-21-14-9-5-4-8-13(14)20-16(21)22/h1-9H,10-11H2,(H,20,22)(H3,17,18,19). The topological polar surface area (TPSA) is 88.2 Å². The van der Waals surface area contributed by atoms with Crippen LogP contribution in [0.25, 0.3) is 11.0 Å². The first-order valence-electron chi connectivity index (χ1n) is 7.03. The summed E-state index contributed by atoms with van der Waals surface area (Å²) in [5, 5.41) is 3.01. The van der Waals surface area contributed by atoms with Gasteiger partial charge in [0.05, 0.1) is 17.6 Å². The number of aromatic nitrogens is 2. The third-order valence-corrected chi connectivity index (χ3v) is 3.33. The van der Waals surface area contributed by atoms with Gasteiger partial charge in [-0.05, 0) is 24.3 Å². The van der Waals surface area contributed by atoms with Crippen LogP contribution >= 0.6 is 0 Å². The summed E-state index contributed by atoms with van der Waals surface area (Å²) >= 11 is 0. The number of rotatable bonds is 4. The Hall–Kier alpha value is -3.02. The number of nitrogens with one attached hydrogen (secondary N) is 2. The van der Waals surface area contributed by atoms with Gasteiger partial charge < -0.3 is 16.0 Å². The number of anilines is 1. The molecule has 0 amide bonds. The second-order valence-electron chi connectivity index (χ2n) is 4.86. The van der Waals surface area contributed by atoms with Crippen LogP contribution in [-0.2, 0) is 6.54 Å². The SMILES string of the molecule is NC(=NCCn1c(=O)[nH]c2ccccc21)Nc1ccccc1. The van der Waals surface area contributed by atoms with E-state index in [2.05, 4.69) is 15.3 Å². The maximum Gasteiger partial charge on any atom is 0.326 e. The van der Waals surface area contributed by atoms with Crippen LogP contribution < -0.4 is 16.7 Å². The molecular weight excluding hydrogens is 278 g/mol. The van der Waals surface area contributed by atoms with Crippen molar-refractivity contribution in [3.8, 4) is 0 Å². The predicted molar refractivity (Wildman–Crippen MR) is 89.1 cm³/mol. The lowest BCUT2D eigenvalue weighted by atomic mass is 10.3. The minimum atomic E-state index is -0.133. The maximum absolute atomic E-state index is 11.9. The van der Waals surface area contributed by atoms with E-state index in [1.165, 1.54) is 0 Å². The Morgan fingerprint density at radius 1 is 1.14 bits per heavy atom. The Balaban J connectivity index is 1.68. The van der Waals surface area contributed by atoms with Crippen LogP contribution in [-0.4, -0.2) is 22.1 Å². The molecule has 3 rings (SSSR count). The van der Waals surface area contributed by atoms with Gasteiger partial charge in [0.2, 0.25) is 0 Å². The van der Waals surface area contributed by atoms with Gasteiger partial charge in [-0.1, -0.05) is 30.3 Å². The van der Waals surface area contributed by atoms with Crippen LogP contribution in [0.3, 0.4) is 0 Å². The van der Waals surface area contributed by atoms with Crippen molar-refractivity contribution in [3.05, 3.63) is 65.1 Å². The molecule has 3 aromatic rings. The number of benzene rings is 2. The molecule has 22 heavy (non-hydrogen) atoms. The number of hydrogen-bond acceptors (Lipinski definition) is 2. The molecule has 0 aliphatic carbocycles. The molecule has 0 atom stereocenters. The van der Waals surface area contributed by atoms with E-state index in [0.29, 0.717) is 19.0 Å². The summed E-state index contributed by atoms with van der Waals surface area (Å²) in [6.45, 7) is 0.896. The van der Waals surface area contributed by atoms with Crippen LogP contribution in [0.15, 0.2) is 64.4 Å². The zero-order valence-electron chi connectivity index (χ0n) is 12.0. The van der Waals surface area contributed by atoms with E-state index in [1.54, 1.807) is 4.57 Å². The molecule has 112 valence electrons. The highest BCUT2D eigenvalue weighted by Crippen LogP contribution is 2.08. The molecule has 6 nitrogen and oxygen atoms in total. The van der Waals surface area contributed by atoms with Crippen LogP contribution in [0.2, 0.25) is 0 Å². The van der Waals surface area contributed by atoms with E-state index in [1.807, 2.05) is 54.6 Å². The number of aromatic amines is 1. The monoisotopic (exact) mass is 295 g/mol. The molecule has 0 radical (unpaired) electrons. The van der Waals surface area contributed by atoms with Crippen molar-refractivity contribution in [3.63, 3.8) is 0 Å². The highest BCUT2D eigenvalue weighted by molar-refractivity contribution is 5.92. The average Bonchev–Trinajstić information content (AvgIpc) is 2.84. The van der Waals surface area contributed by atoms with Crippen LogP contribution in [0, 0.1) is 0 Å². The van der Waals surface area contributed by atoms with Gasteiger partial charge in [0.15, 0.2) is 5.96 Å². The molecular formula is C16H17N5O. The molecule has 0 saturated heterocycles. The minimum absolute atomic E-state index is 0.133. The zero-order valence-corrected chi connectivity index (χ0v) is 12.0. The first-order valence-corrected chi connectivity index (χ1v) is 7.03. The third kappa shape index (κ3) is 3.01. The highest BCUT2D eigenvalue weighted by atomic mass is 16.1. The van der Waals surface area contributed by atoms with Crippen LogP contribution in [0.1, 0.15) is 0 Å². The van der Waals surface area contributed by atoms with Crippen LogP contribution in [0.5, 0.6) is 0 Å². The van der Waals surface area contributed by atoms with Crippen LogP contribution in [0.4, 0.5) is 5.69 Å². The molecule has 1 aromatic heterocycles. The van der Waals surface area contributed by atoms with Crippen molar-refractivity contribution in [2.24, 2.45) is 10.7 Å². The maximum atomic E-state index is 11.9. The normalized spacial score (nSPS) is 11.7. The van der Waals surface area contributed by atoms with Gasteiger partial charge in [0.1, 0.15) is 0 Å². The predicted octanol–water partition coefficient (Wildman–Crippen LogP) is 1.76. The van der Waals surface area contributed by atoms with Crippen molar-refractivity contribution >= 4 is 22.7 Å². The van der Waals surface area contributed by atoms with E-state index in [-0.39, 0.29) is 5.69 Å². The van der Waals surface area contributed by atoms with Gasteiger partial charge in [-0.2, -0.15) is 0 Å². The zero-order chi connectivity index (χ0) is 15.4. The molecule has 0 aliphatic heterocycles. The molecule has 0 aliphatic rings. The summed E-state index contributed by atoms with van der Waals surface area (Å²) in [5.41, 5.74) is 8.29. The largest absolute Gasteiger partial charge is 0.370 e. The molecule has 0 unspecified atom stereocenters. The molecule has 0 bridgehead atoms. The summed E-state index contributed by atoms with van der Waals surface area (Å²) < 4.78 is 1.66. The fourth-order valence-corrected chi connectivity index (χ4v) is 2.31. The third-order valence-electron chi connectivity index (χ3n) is 3.33. The van der Waals surface area contributed by atoms with Crippen molar-refractivity contribution < 1.29 is 0 Å². The number of hydrogen-bond donors (Lipinski definition) is 3. The molecule has 2 aromatic carbocycles. The number of para-hydroxylation sites is 3. The number of imidazole rings is 1. The van der Waals surface area contributed by atoms with Gasteiger partial charge in [-0.15, -0.1) is 0 Å². The fourth-order valence-electron chi connectivity index (χ4n) is 2.31. The van der Waals surface area contributed by atoms with Gasteiger partial charge in [-0.25, -0.2) is 4.79 Å². The van der Waals surface area contributed by atoms with Crippen molar-refractivity contribution in [1.29, 1.82) is 0 Å². The summed E-state index contributed by atoms with van der Waals surface area (Å²) in [5.74, 6) is 0.332. The first kappa shape index (κ1) is 13.9. The molecule has 0 fully saturated rings. The fraction of sp³-hybridized carbons (Fsp3) is 0.125. The lowest BCUT2D eigenvalue weighted by Crippen LogP contribution is -2.24. The quantitative estimate of drug-likeness (QED) is 0.506.